The molecule has 0 N–H and O–H groups in total. The standard InChI is InChI=1S/C20H17N3O2S/c1-11-17(9-21)20(23-12(2)22-11)26-10-15-8-19(24)25-18-7-14-5-3-4-13(14)6-16(15)18/h6-8H,3-5,10H2,1-2H3. The van der Waals surface area contributed by atoms with Crippen LogP contribution in [0.25, 0.3) is 11.0 Å². The molecule has 6 heteroatoms. The van der Waals surface area contributed by atoms with Gasteiger partial charge in [-0.25, -0.2) is 14.8 Å². The van der Waals surface area contributed by atoms with E-state index in [1.54, 1.807) is 6.07 Å². The average Bonchev–Trinajstić information content (AvgIpc) is 3.04. The van der Waals surface area contributed by atoms with Gasteiger partial charge in [-0.05, 0) is 61.9 Å². The van der Waals surface area contributed by atoms with E-state index in [9.17, 15) is 10.1 Å². The molecule has 0 unspecified atom stereocenters. The summed E-state index contributed by atoms with van der Waals surface area (Å²) in [6.45, 7) is 3.63. The highest BCUT2D eigenvalue weighted by molar-refractivity contribution is 7.98. The van der Waals surface area contributed by atoms with Crippen molar-refractivity contribution in [1.29, 1.82) is 5.26 Å². The molecule has 0 saturated carbocycles. The molecule has 26 heavy (non-hydrogen) atoms. The van der Waals surface area contributed by atoms with Gasteiger partial charge in [0.15, 0.2) is 0 Å². The lowest BCUT2D eigenvalue weighted by Crippen LogP contribution is -2.02. The van der Waals surface area contributed by atoms with E-state index in [1.807, 2.05) is 19.9 Å². The zero-order valence-corrected chi connectivity index (χ0v) is 15.4. The van der Waals surface area contributed by atoms with Gasteiger partial charge in [0, 0.05) is 17.2 Å². The van der Waals surface area contributed by atoms with E-state index in [0.29, 0.717) is 33.4 Å². The van der Waals surface area contributed by atoms with Crippen LogP contribution in [0.5, 0.6) is 0 Å². The van der Waals surface area contributed by atoms with E-state index < -0.39 is 0 Å². The number of aromatic nitrogens is 2. The monoisotopic (exact) mass is 363 g/mol. The van der Waals surface area contributed by atoms with Crippen LogP contribution >= 0.6 is 11.8 Å². The lowest BCUT2D eigenvalue weighted by Gasteiger charge is -2.09. The van der Waals surface area contributed by atoms with Crippen LogP contribution in [0.3, 0.4) is 0 Å². The van der Waals surface area contributed by atoms with E-state index in [1.165, 1.54) is 22.9 Å². The van der Waals surface area contributed by atoms with Gasteiger partial charge < -0.3 is 4.42 Å². The van der Waals surface area contributed by atoms with Gasteiger partial charge in [0.25, 0.3) is 0 Å². The quantitative estimate of drug-likeness (QED) is 0.399. The Labute approximate surface area is 155 Å². The molecule has 2 aromatic heterocycles. The second-order valence-corrected chi connectivity index (χ2v) is 7.46. The van der Waals surface area contributed by atoms with Gasteiger partial charge in [-0.2, -0.15) is 5.26 Å². The van der Waals surface area contributed by atoms with Crippen molar-refractivity contribution in [2.45, 2.75) is 43.9 Å². The number of hydrogen-bond donors (Lipinski definition) is 0. The summed E-state index contributed by atoms with van der Waals surface area (Å²) >= 11 is 1.46. The first-order valence-corrected chi connectivity index (χ1v) is 9.50. The van der Waals surface area contributed by atoms with Crippen molar-refractivity contribution in [3.8, 4) is 6.07 Å². The van der Waals surface area contributed by atoms with Gasteiger partial charge in [-0.15, -0.1) is 11.8 Å². The summed E-state index contributed by atoms with van der Waals surface area (Å²) in [4.78, 5) is 20.7. The molecule has 0 radical (unpaired) electrons. The molecule has 0 fully saturated rings. The van der Waals surface area contributed by atoms with E-state index in [0.717, 1.165) is 30.2 Å². The first-order chi connectivity index (χ1) is 12.5. The van der Waals surface area contributed by atoms with Crippen LogP contribution in [0.2, 0.25) is 0 Å². The first-order valence-electron chi connectivity index (χ1n) is 8.52. The average molecular weight is 363 g/mol. The molecule has 0 saturated heterocycles. The third-order valence-corrected chi connectivity index (χ3v) is 5.71. The van der Waals surface area contributed by atoms with Crippen LogP contribution in [-0.4, -0.2) is 9.97 Å². The van der Waals surface area contributed by atoms with E-state index >= 15 is 0 Å². The van der Waals surface area contributed by atoms with E-state index in [4.69, 9.17) is 4.42 Å². The third kappa shape index (κ3) is 2.99. The second kappa shape index (κ2) is 6.58. The maximum absolute atomic E-state index is 12.0. The van der Waals surface area contributed by atoms with Crippen LogP contribution < -0.4 is 5.63 Å². The molecule has 2 heterocycles. The normalized spacial score (nSPS) is 13.0. The van der Waals surface area contributed by atoms with Gasteiger partial charge in [0.1, 0.15) is 28.1 Å². The predicted molar refractivity (Wildman–Crippen MR) is 100 cm³/mol. The van der Waals surface area contributed by atoms with Crippen molar-refractivity contribution in [1.82, 2.24) is 9.97 Å². The Balaban J connectivity index is 1.75. The summed E-state index contributed by atoms with van der Waals surface area (Å²) in [7, 11) is 0. The zero-order valence-electron chi connectivity index (χ0n) is 14.6. The van der Waals surface area contributed by atoms with Crippen molar-refractivity contribution in [3.63, 3.8) is 0 Å². The Morgan fingerprint density at radius 1 is 1.19 bits per heavy atom. The summed E-state index contributed by atoms with van der Waals surface area (Å²) < 4.78 is 5.42. The van der Waals surface area contributed by atoms with Crippen molar-refractivity contribution >= 4 is 22.7 Å². The maximum Gasteiger partial charge on any atom is 0.336 e. The Morgan fingerprint density at radius 2 is 1.96 bits per heavy atom. The number of thioether (sulfide) groups is 1. The molecule has 1 aromatic carbocycles. The number of fused-ring (bicyclic) bond motifs is 2. The van der Waals surface area contributed by atoms with Crippen molar-refractivity contribution in [3.05, 3.63) is 62.4 Å². The molecule has 0 amide bonds. The smallest absolute Gasteiger partial charge is 0.336 e. The second-order valence-electron chi connectivity index (χ2n) is 6.50. The number of aryl methyl sites for hydroxylation is 4. The van der Waals surface area contributed by atoms with Gasteiger partial charge in [0.05, 0.1) is 5.69 Å². The fraction of sp³-hybridized carbons (Fsp3) is 0.300. The third-order valence-electron chi connectivity index (χ3n) is 4.69. The fourth-order valence-electron chi connectivity index (χ4n) is 3.47. The molecule has 0 spiro atoms. The number of nitriles is 1. The highest BCUT2D eigenvalue weighted by Crippen LogP contribution is 2.32. The molecular formula is C20H17N3O2S. The van der Waals surface area contributed by atoms with Gasteiger partial charge in [0.2, 0.25) is 0 Å². The molecule has 3 aromatic rings. The Morgan fingerprint density at radius 3 is 2.73 bits per heavy atom. The maximum atomic E-state index is 12.0. The SMILES string of the molecule is Cc1nc(C)c(C#N)c(SCc2cc(=O)oc3cc4c(cc23)CCC4)n1. The first kappa shape index (κ1) is 16.8. The molecule has 1 aliphatic carbocycles. The molecule has 130 valence electrons. The topological polar surface area (TPSA) is 79.8 Å². The van der Waals surface area contributed by atoms with Crippen molar-refractivity contribution in [2.75, 3.05) is 0 Å². The Hall–Kier alpha value is -2.65. The van der Waals surface area contributed by atoms with Crippen LogP contribution in [0.4, 0.5) is 0 Å². The predicted octanol–water partition coefficient (Wildman–Crippen LogP) is 3.85. The largest absolute Gasteiger partial charge is 0.423 e. The van der Waals surface area contributed by atoms with Gasteiger partial charge in [-0.1, -0.05) is 0 Å². The minimum Gasteiger partial charge on any atom is -0.423 e. The molecular weight excluding hydrogens is 346 g/mol. The lowest BCUT2D eigenvalue weighted by atomic mass is 10.0. The highest BCUT2D eigenvalue weighted by atomic mass is 32.2. The van der Waals surface area contributed by atoms with Crippen LogP contribution in [-0.2, 0) is 18.6 Å². The zero-order chi connectivity index (χ0) is 18.3. The van der Waals surface area contributed by atoms with Crippen LogP contribution in [0.1, 0.15) is 40.2 Å². The summed E-state index contributed by atoms with van der Waals surface area (Å²) in [5.41, 5.74) is 4.99. The Kier molecular flexibility index (Phi) is 4.25. The number of hydrogen-bond acceptors (Lipinski definition) is 6. The summed E-state index contributed by atoms with van der Waals surface area (Å²) in [5, 5.41) is 11.0. The number of rotatable bonds is 3. The van der Waals surface area contributed by atoms with Gasteiger partial charge in [-0.3, -0.25) is 0 Å². The Bertz CT molecular complexity index is 1130. The minimum atomic E-state index is -0.346. The van der Waals surface area contributed by atoms with Crippen LogP contribution in [0, 0.1) is 25.2 Å². The molecule has 1 aliphatic rings. The summed E-state index contributed by atoms with van der Waals surface area (Å²) in [5.74, 6) is 1.19. The van der Waals surface area contributed by atoms with Crippen molar-refractivity contribution < 1.29 is 4.42 Å². The molecule has 0 bridgehead atoms. The fourth-order valence-corrected chi connectivity index (χ4v) is 4.54. The van der Waals surface area contributed by atoms with E-state index in [2.05, 4.69) is 22.1 Å². The number of nitrogens with zero attached hydrogens (tertiary/aromatic N) is 3. The highest BCUT2D eigenvalue weighted by Gasteiger charge is 2.16. The van der Waals surface area contributed by atoms with Gasteiger partial charge >= 0.3 is 5.63 Å². The van der Waals surface area contributed by atoms with E-state index in [-0.39, 0.29) is 5.63 Å². The molecule has 4 rings (SSSR count). The molecule has 0 aliphatic heterocycles. The molecule has 5 nitrogen and oxygen atoms in total. The lowest BCUT2D eigenvalue weighted by molar-refractivity contribution is 0.559. The summed E-state index contributed by atoms with van der Waals surface area (Å²) in [6, 6.07) is 7.89. The summed E-state index contributed by atoms with van der Waals surface area (Å²) in [6.07, 6.45) is 3.25. The van der Waals surface area contributed by atoms with Crippen molar-refractivity contribution in [2.24, 2.45) is 0 Å². The molecule has 0 atom stereocenters. The minimum absolute atomic E-state index is 0.346. The van der Waals surface area contributed by atoms with Crippen LogP contribution in [0.15, 0.2) is 32.4 Å². The number of benzene rings is 1.